The number of fused-ring (bicyclic) bond motifs is 8. The minimum absolute atomic E-state index is 0.0551. The number of aryl methyl sites for hydroxylation is 4. The average molecular weight is 1020 g/mol. The number of amides is 2. The van der Waals surface area contributed by atoms with Crippen LogP contribution in [0, 0.1) is 13.8 Å². The van der Waals surface area contributed by atoms with Crippen LogP contribution in [0.15, 0.2) is 24.3 Å². The van der Waals surface area contributed by atoms with Crippen molar-refractivity contribution in [3.8, 4) is 0 Å². The van der Waals surface area contributed by atoms with Crippen LogP contribution in [0.2, 0.25) is 0 Å². The molecular weight excluding hydrogens is 921 g/mol. The van der Waals surface area contributed by atoms with Crippen molar-refractivity contribution in [1.29, 1.82) is 0 Å². The highest BCUT2D eigenvalue weighted by atomic mass is 16.2. The summed E-state index contributed by atoms with van der Waals surface area (Å²) >= 11 is 0. The minimum atomic E-state index is 0.0551. The molecule has 0 aliphatic carbocycles. The molecule has 14 nitrogen and oxygen atoms in total. The lowest BCUT2D eigenvalue weighted by Gasteiger charge is -2.09. The first-order valence-corrected chi connectivity index (χ1v) is 28.9. The maximum Gasteiger partial charge on any atom is 0.220 e. The molecule has 0 fully saturated rings. The van der Waals surface area contributed by atoms with Gasteiger partial charge >= 0.3 is 0 Å². The van der Waals surface area contributed by atoms with Gasteiger partial charge in [0.15, 0.2) is 0 Å². The number of aromatic nitrogens is 4. The average Bonchev–Trinajstić information content (AvgIpc) is 4.06. The molecule has 0 spiro atoms. The highest BCUT2D eigenvalue weighted by Gasteiger charge is 2.23. The number of allylic oxidation sites excluding steroid dienone is 4. The van der Waals surface area contributed by atoms with Gasteiger partial charge in [0.1, 0.15) is 0 Å². The third kappa shape index (κ3) is 19.5. The van der Waals surface area contributed by atoms with E-state index in [1.54, 1.807) is 0 Å². The molecule has 0 atom stereocenters. The summed E-state index contributed by atoms with van der Waals surface area (Å²) in [6.45, 7) is 24.9. The van der Waals surface area contributed by atoms with Crippen molar-refractivity contribution >= 4 is 56.2 Å². The standard InChI is InChI=1S/C60H98N12O2/c1-9-47-43(3)51-39-52-45(5)49(23-25-59(73)67-37-21-19-35-65-33-17-15-31-63-29-13-11-27-61-7)57(71-52)42-58-50(46(6)54(72-58)41-56-48(10-2)44(4)53(70-56)40-55(47)69-51)24-26-60(74)68-38-22-20-36-66-34-18-16-32-64-30-14-12-28-62-8/h39-42,61-66,69-70H,9-38H2,1-8H3,(H,67,73)(H,68,74). The minimum Gasteiger partial charge on any atom is -0.356 e. The van der Waals surface area contributed by atoms with Crippen LogP contribution < -0.4 is 42.5 Å². The summed E-state index contributed by atoms with van der Waals surface area (Å²) in [6.07, 6.45) is 17.2. The second-order valence-corrected chi connectivity index (χ2v) is 20.5. The maximum absolute atomic E-state index is 13.4. The predicted molar refractivity (Wildman–Crippen MR) is 313 cm³/mol. The van der Waals surface area contributed by atoms with Gasteiger partial charge in [-0.25, -0.2) is 9.97 Å². The summed E-state index contributed by atoms with van der Waals surface area (Å²) in [7, 11) is 4.01. The van der Waals surface area contributed by atoms with Gasteiger partial charge in [-0.2, -0.15) is 0 Å². The molecule has 3 aromatic rings. The number of H-pyrrole nitrogens is 2. The highest BCUT2D eigenvalue weighted by molar-refractivity contribution is 5.97. The Kier molecular flexibility index (Phi) is 27.7. The number of nitrogens with one attached hydrogen (secondary N) is 10. The molecule has 2 aliphatic heterocycles. The van der Waals surface area contributed by atoms with Crippen LogP contribution in [-0.4, -0.2) is 124 Å². The van der Waals surface area contributed by atoms with Gasteiger partial charge < -0.3 is 52.5 Å². The number of nitrogens with zero attached hydrogens (tertiary/aromatic N) is 2. The van der Waals surface area contributed by atoms with E-state index in [0.717, 1.165) is 171 Å². The second kappa shape index (κ2) is 34.1. The molecule has 8 bridgehead atoms. The lowest BCUT2D eigenvalue weighted by Crippen LogP contribution is -2.25. The molecule has 10 N–H and O–H groups in total. The van der Waals surface area contributed by atoms with Crippen molar-refractivity contribution in [2.45, 2.75) is 157 Å². The van der Waals surface area contributed by atoms with Gasteiger partial charge in [0.25, 0.3) is 0 Å². The van der Waals surface area contributed by atoms with Crippen LogP contribution in [0.25, 0.3) is 44.4 Å². The van der Waals surface area contributed by atoms with E-state index in [1.165, 1.54) is 73.6 Å². The number of hydrogen-bond acceptors (Lipinski definition) is 10. The summed E-state index contributed by atoms with van der Waals surface area (Å²) < 4.78 is 0. The van der Waals surface area contributed by atoms with Crippen LogP contribution >= 0.6 is 0 Å². The van der Waals surface area contributed by atoms with Gasteiger partial charge in [-0.15, -0.1) is 0 Å². The molecule has 5 heterocycles. The van der Waals surface area contributed by atoms with E-state index in [9.17, 15) is 9.59 Å². The van der Waals surface area contributed by atoms with Crippen molar-refractivity contribution in [2.75, 3.05) is 92.6 Å². The first-order valence-electron chi connectivity index (χ1n) is 28.9. The highest BCUT2D eigenvalue weighted by Crippen LogP contribution is 2.38. The SMILES string of the molecule is CCc1c(C)c2cc3[nH]c(cc4nc(cc5nc(cc1[nH]2)C(C)=C5CCC(=O)NCCCCNCCCCNCCCCNC)C(CCC(=O)NCCCCNCCCCNCCCCNC)=C4C)c(C)c3CC. The van der Waals surface area contributed by atoms with Crippen molar-refractivity contribution < 1.29 is 9.59 Å². The van der Waals surface area contributed by atoms with Crippen molar-refractivity contribution in [2.24, 2.45) is 0 Å². The number of unbranched alkanes of at least 4 members (excludes halogenated alkanes) is 6. The first kappa shape index (κ1) is 60.2. The van der Waals surface area contributed by atoms with Crippen molar-refractivity contribution in [1.82, 2.24) is 62.5 Å². The van der Waals surface area contributed by atoms with E-state index in [4.69, 9.17) is 9.97 Å². The van der Waals surface area contributed by atoms with Crippen LogP contribution in [-0.2, 0) is 22.4 Å². The summed E-state index contributed by atoms with van der Waals surface area (Å²) in [5.74, 6) is 0.110. The molecule has 2 amide bonds. The number of carbonyl (C=O) groups excluding carboxylic acids is 2. The zero-order chi connectivity index (χ0) is 52.9. The number of carbonyl (C=O) groups is 2. The van der Waals surface area contributed by atoms with Gasteiger partial charge in [0.2, 0.25) is 11.8 Å². The number of rotatable bonds is 38. The van der Waals surface area contributed by atoms with Gasteiger partial charge in [0.05, 0.1) is 22.8 Å². The van der Waals surface area contributed by atoms with E-state index in [2.05, 4.69) is 118 Å². The molecule has 0 saturated heterocycles. The topological polar surface area (TPSA) is 188 Å². The first-order chi connectivity index (χ1) is 36.1. The smallest absolute Gasteiger partial charge is 0.220 e. The Morgan fingerprint density at radius 2 is 0.743 bits per heavy atom. The molecule has 74 heavy (non-hydrogen) atoms. The Morgan fingerprint density at radius 1 is 0.419 bits per heavy atom. The largest absolute Gasteiger partial charge is 0.356 e. The monoisotopic (exact) mass is 1020 g/mol. The molecule has 5 rings (SSSR count). The second-order valence-electron chi connectivity index (χ2n) is 20.5. The molecule has 410 valence electrons. The third-order valence-electron chi connectivity index (χ3n) is 14.9. The summed E-state index contributed by atoms with van der Waals surface area (Å²) in [6, 6.07) is 8.73. The van der Waals surface area contributed by atoms with Gasteiger partial charge in [-0.1, -0.05) is 13.8 Å². The van der Waals surface area contributed by atoms with Crippen LogP contribution in [0.3, 0.4) is 0 Å². The summed E-state index contributed by atoms with van der Waals surface area (Å²) in [5, 5.41) is 27.0. The molecule has 0 unspecified atom stereocenters. The van der Waals surface area contributed by atoms with E-state index in [-0.39, 0.29) is 11.8 Å². The fraction of sp³-hybridized carbons (Fsp3) is 0.633. The number of hydrogen-bond donors (Lipinski definition) is 10. The molecule has 14 heteroatoms. The lowest BCUT2D eigenvalue weighted by atomic mass is 9.98. The van der Waals surface area contributed by atoms with Crippen LogP contribution in [0.4, 0.5) is 0 Å². The quantitative estimate of drug-likeness (QED) is 0.0248. The van der Waals surface area contributed by atoms with E-state index in [1.807, 2.05) is 14.1 Å². The maximum atomic E-state index is 13.4. The summed E-state index contributed by atoms with van der Waals surface area (Å²) in [4.78, 5) is 45.0. The Balaban J connectivity index is 1.24. The zero-order valence-electron chi connectivity index (χ0n) is 47.2. The predicted octanol–water partition coefficient (Wildman–Crippen LogP) is 9.19. The summed E-state index contributed by atoms with van der Waals surface area (Å²) in [5.41, 5.74) is 17.0. The Bertz CT molecular complexity index is 2430. The molecule has 2 aliphatic rings. The third-order valence-corrected chi connectivity index (χ3v) is 14.9. The van der Waals surface area contributed by atoms with Gasteiger partial charge in [-0.05, 0) is 279 Å². The number of aromatic amines is 2. The lowest BCUT2D eigenvalue weighted by molar-refractivity contribution is -0.121. The Hall–Kier alpha value is -4.70. The Morgan fingerprint density at radius 3 is 1.11 bits per heavy atom. The van der Waals surface area contributed by atoms with Crippen molar-refractivity contribution in [3.63, 3.8) is 0 Å². The van der Waals surface area contributed by atoms with E-state index >= 15 is 0 Å². The van der Waals surface area contributed by atoms with Gasteiger partial charge in [-0.3, -0.25) is 9.59 Å². The van der Waals surface area contributed by atoms with E-state index in [0.29, 0.717) is 38.8 Å². The van der Waals surface area contributed by atoms with E-state index < -0.39 is 0 Å². The molecular formula is C60H98N12O2. The zero-order valence-corrected chi connectivity index (χ0v) is 47.2. The van der Waals surface area contributed by atoms with Crippen molar-refractivity contribution in [3.05, 3.63) is 69.3 Å². The Labute approximate surface area is 445 Å². The molecule has 0 radical (unpaired) electrons. The van der Waals surface area contributed by atoms with Gasteiger partial charge in [0, 0.05) is 48.0 Å². The normalized spacial score (nSPS) is 12.6. The fourth-order valence-corrected chi connectivity index (χ4v) is 10.2. The van der Waals surface area contributed by atoms with Crippen LogP contribution in [0.1, 0.15) is 175 Å². The molecule has 3 aromatic heterocycles. The molecule has 0 aromatic carbocycles. The molecule has 0 saturated carbocycles. The van der Waals surface area contributed by atoms with Crippen LogP contribution in [0.5, 0.6) is 0 Å². The fourth-order valence-electron chi connectivity index (χ4n) is 10.2.